The van der Waals surface area contributed by atoms with Crippen molar-refractivity contribution in [2.45, 2.75) is 410 Å². The highest BCUT2D eigenvalue weighted by Gasteiger charge is 2.44. The molecule has 1 saturated heterocycles. The van der Waals surface area contributed by atoms with Crippen LogP contribution >= 0.6 is 0 Å². The first kappa shape index (κ1) is 83.6. The summed E-state index contributed by atoms with van der Waals surface area (Å²) in [5.41, 5.74) is 0. The normalized spacial score (nSPS) is 18.0. The topological polar surface area (TPSA) is 175 Å². The molecule has 0 radical (unpaired) electrons. The number of carbonyl (C=O) groups excluding carboxylic acids is 2. The molecule has 7 atom stereocenters. The van der Waals surface area contributed by atoms with Gasteiger partial charge in [-0.1, -0.05) is 313 Å². The van der Waals surface area contributed by atoms with Crippen molar-refractivity contribution in [2.75, 3.05) is 19.8 Å². The molecule has 0 aromatic carbocycles. The van der Waals surface area contributed by atoms with Crippen LogP contribution in [0.5, 0.6) is 0 Å². The van der Waals surface area contributed by atoms with Gasteiger partial charge in [-0.2, -0.15) is 0 Å². The van der Waals surface area contributed by atoms with Crippen LogP contribution in [0.2, 0.25) is 0 Å². The minimum atomic E-state index is -1.57. The van der Waals surface area contributed by atoms with E-state index in [2.05, 4.69) is 55.6 Å². The van der Waals surface area contributed by atoms with Gasteiger partial charge in [-0.25, -0.2) is 0 Å². The fraction of sp³-hybridized carbons (Fsp3) is 0.870. The highest BCUT2D eigenvalue weighted by Crippen LogP contribution is 2.23. The Kier molecular flexibility index (Phi) is 62.8. The number of esters is 1. The van der Waals surface area contributed by atoms with Crippen LogP contribution in [0.25, 0.3) is 0 Å². The first-order valence-electron chi connectivity index (χ1n) is 37.9. The Bertz CT molecular complexity index is 1600. The zero-order chi connectivity index (χ0) is 63.7. The Morgan fingerprint density at radius 3 is 1.17 bits per heavy atom. The minimum Gasteiger partial charge on any atom is -0.466 e. The number of ether oxygens (including phenoxy) is 3. The van der Waals surface area contributed by atoms with Gasteiger partial charge in [0.1, 0.15) is 24.4 Å². The average Bonchev–Trinajstić information content (AvgIpc) is 2.57. The second-order valence-electron chi connectivity index (χ2n) is 26.3. The lowest BCUT2D eigenvalue weighted by Crippen LogP contribution is -2.60. The Hall–Kier alpha value is -2.38. The molecule has 1 amide bonds. The van der Waals surface area contributed by atoms with Crippen molar-refractivity contribution in [1.82, 2.24) is 5.32 Å². The zero-order valence-electron chi connectivity index (χ0n) is 57.4. The fourth-order valence-corrected chi connectivity index (χ4v) is 11.9. The Labute approximate surface area is 542 Å². The number of aliphatic hydroxyl groups excluding tert-OH is 5. The van der Waals surface area contributed by atoms with Crippen molar-refractivity contribution >= 4 is 11.9 Å². The summed E-state index contributed by atoms with van der Waals surface area (Å²) >= 11 is 0. The van der Waals surface area contributed by atoms with Crippen LogP contribution in [-0.2, 0) is 23.8 Å². The SMILES string of the molecule is CCCCCC/C=C\C/C=C\CCCCCCCCCC(=O)OCCCCCCCCCCCCCC/C=C\CCCCCCCCCCCCCCCCCCCC(=O)NC(COC1OC(CO)C(O)C(O)C1O)C(O)/C=C/CCCCCCCCC. The fourth-order valence-electron chi connectivity index (χ4n) is 11.9. The maximum Gasteiger partial charge on any atom is 0.305 e. The number of aliphatic hydroxyl groups is 5. The van der Waals surface area contributed by atoms with Crippen molar-refractivity contribution in [2.24, 2.45) is 0 Å². The van der Waals surface area contributed by atoms with Gasteiger partial charge in [0.05, 0.1) is 32.0 Å². The Morgan fingerprint density at radius 1 is 0.420 bits per heavy atom. The lowest BCUT2D eigenvalue weighted by Gasteiger charge is -2.40. The van der Waals surface area contributed by atoms with Gasteiger partial charge in [-0.15, -0.1) is 0 Å². The standard InChI is InChI=1S/C77H143NO10/c1-3-5-7-9-11-13-14-15-16-17-36-39-42-45-49-53-57-61-65-73(82)86-66-62-58-54-50-46-43-40-37-34-32-30-28-26-24-22-20-18-19-21-23-25-27-29-31-33-35-38-41-44-48-52-56-60-64-72(81)78-69(70(80)63-59-55-51-47-12-10-8-6-4-2)68-87-77-76(85)75(84)74(83)71(67-79)88-77/h13-14,16-17,22,24,59,63,69-71,74-77,79-80,83-85H,3-12,15,18-21,23,25-58,60-62,64-68H2,1-2H3,(H,78,81)/b14-13-,17-16-,24-22-,63-59+. The maximum atomic E-state index is 13.0. The lowest BCUT2D eigenvalue weighted by atomic mass is 9.99. The number of amides is 1. The van der Waals surface area contributed by atoms with E-state index >= 15 is 0 Å². The van der Waals surface area contributed by atoms with Gasteiger partial charge in [-0.3, -0.25) is 9.59 Å². The predicted octanol–water partition coefficient (Wildman–Crippen LogP) is 19.9. The van der Waals surface area contributed by atoms with Crippen molar-refractivity contribution in [3.8, 4) is 0 Å². The molecule has 7 unspecified atom stereocenters. The molecule has 11 heteroatoms. The van der Waals surface area contributed by atoms with Crippen LogP contribution in [0.15, 0.2) is 48.6 Å². The first-order chi connectivity index (χ1) is 43.2. The van der Waals surface area contributed by atoms with Crippen LogP contribution in [0.4, 0.5) is 0 Å². The molecule has 516 valence electrons. The van der Waals surface area contributed by atoms with E-state index in [1.165, 1.54) is 276 Å². The molecular formula is C77H143NO10. The molecule has 1 aliphatic heterocycles. The summed E-state index contributed by atoms with van der Waals surface area (Å²) in [6, 6.07) is -0.807. The van der Waals surface area contributed by atoms with Crippen LogP contribution in [0.3, 0.4) is 0 Å². The summed E-state index contributed by atoms with van der Waals surface area (Å²) in [4.78, 5) is 25.1. The van der Waals surface area contributed by atoms with Crippen molar-refractivity contribution < 1.29 is 49.3 Å². The van der Waals surface area contributed by atoms with Crippen molar-refractivity contribution in [1.29, 1.82) is 0 Å². The molecule has 0 aromatic rings. The van der Waals surface area contributed by atoms with Crippen molar-refractivity contribution in [3.63, 3.8) is 0 Å². The predicted molar refractivity (Wildman–Crippen MR) is 370 cm³/mol. The van der Waals surface area contributed by atoms with Gasteiger partial charge in [-0.05, 0) is 89.9 Å². The highest BCUT2D eigenvalue weighted by atomic mass is 16.7. The molecule has 1 rings (SSSR count). The van der Waals surface area contributed by atoms with Gasteiger partial charge in [0.15, 0.2) is 6.29 Å². The molecule has 0 aromatic heterocycles. The van der Waals surface area contributed by atoms with Crippen molar-refractivity contribution in [3.05, 3.63) is 48.6 Å². The third-order valence-corrected chi connectivity index (χ3v) is 17.9. The summed E-state index contributed by atoms with van der Waals surface area (Å²) in [5, 5.41) is 54.3. The summed E-state index contributed by atoms with van der Waals surface area (Å²) in [6.45, 7) is 4.33. The van der Waals surface area contributed by atoms with Crippen LogP contribution in [0.1, 0.15) is 367 Å². The minimum absolute atomic E-state index is 0.00425. The quantitative estimate of drug-likeness (QED) is 0.0195. The second-order valence-corrected chi connectivity index (χ2v) is 26.3. The van der Waals surface area contributed by atoms with Crippen LogP contribution in [0, 0.1) is 0 Å². The number of rotatable bonds is 67. The Balaban J connectivity index is 1.87. The lowest BCUT2D eigenvalue weighted by molar-refractivity contribution is -0.302. The molecule has 1 aliphatic rings. The van der Waals surface area contributed by atoms with Gasteiger partial charge < -0.3 is 45.1 Å². The molecule has 0 spiro atoms. The summed E-state index contributed by atoms with van der Waals surface area (Å²) in [6.07, 6.45) is 77.1. The molecule has 88 heavy (non-hydrogen) atoms. The van der Waals surface area contributed by atoms with E-state index in [4.69, 9.17) is 14.2 Å². The smallest absolute Gasteiger partial charge is 0.305 e. The van der Waals surface area contributed by atoms with Gasteiger partial charge >= 0.3 is 5.97 Å². The largest absolute Gasteiger partial charge is 0.466 e. The number of nitrogens with one attached hydrogen (secondary N) is 1. The van der Waals surface area contributed by atoms with E-state index < -0.39 is 49.5 Å². The van der Waals surface area contributed by atoms with Gasteiger partial charge in [0, 0.05) is 12.8 Å². The summed E-state index contributed by atoms with van der Waals surface area (Å²) in [7, 11) is 0. The summed E-state index contributed by atoms with van der Waals surface area (Å²) < 4.78 is 16.7. The third-order valence-electron chi connectivity index (χ3n) is 17.9. The second kappa shape index (κ2) is 66.1. The molecule has 0 bridgehead atoms. The molecular weight excluding hydrogens is 1100 g/mol. The molecule has 0 saturated carbocycles. The van der Waals surface area contributed by atoms with E-state index in [0.29, 0.717) is 19.4 Å². The van der Waals surface area contributed by atoms with E-state index in [1.54, 1.807) is 6.08 Å². The van der Waals surface area contributed by atoms with Gasteiger partial charge in [0.25, 0.3) is 0 Å². The molecule has 6 N–H and O–H groups in total. The maximum absolute atomic E-state index is 13.0. The molecule has 11 nitrogen and oxygen atoms in total. The molecule has 1 heterocycles. The van der Waals surface area contributed by atoms with Crippen LogP contribution in [-0.4, -0.2) is 100 Å². The van der Waals surface area contributed by atoms with E-state index in [-0.39, 0.29) is 18.5 Å². The van der Waals surface area contributed by atoms with Gasteiger partial charge in [0.2, 0.25) is 5.91 Å². The number of unbranched alkanes of at least 4 members (excludes halogenated alkanes) is 47. The summed E-state index contributed by atoms with van der Waals surface area (Å²) in [5.74, 6) is -0.175. The van der Waals surface area contributed by atoms with E-state index in [1.807, 2.05) is 6.08 Å². The highest BCUT2D eigenvalue weighted by molar-refractivity contribution is 5.76. The van der Waals surface area contributed by atoms with E-state index in [9.17, 15) is 35.1 Å². The third kappa shape index (κ3) is 54.2. The number of carbonyl (C=O) groups is 2. The first-order valence-corrected chi connectivity index (χ1v) is 37.9. The molecule has 0 aliphatic carbocycles. The zero-order valence-corrected chi connectivity index (χ0v) is 57.4. The Morgan fingerprint density at radius 2 is 0.761 bits per heavy atom. The molecule has 1 fully saturated rings. The number of hydrogen-bond acceptors (Lipinski definition) is 10. The van der Waals surface area contributed by atoms with Crippen LogP contribution < -0.4 is 5.32 Å². The number of hydrogen-bond donors (Lipinski definition) is 6. The number of allylic oxidation sites excluding steroid dienone is 7. The monoisotopic (exact) mass is 1240 g/mol. The van der Waals surface area contributed by atoms with E-state index in [0.717, 1.165) is 64.2 Å². The average molecular weight is 1240 g/mol.